The molecule has 0 saturated carbocycles. The largest absolute Gasteiger partial charge is 1.00 e. The number of rotatable bonds is 9. The second kappa shape index (κ2) is 84.7. The summed E-state index contributed by atoms with van der Waals surface area (Å²) in [4.78, 5) is 79.7. The Morgan fingerprint density at radius 2 is 0.954 bits per heavy atom. The van der Waals surface area contributed by atoms with E-state index < -0.39 is 11.9 Å². The molecule has 26 nitrogen and oxygen atoms in total. The van der Waals surface area contributed by atoms with Gasteiger partial charge in [-0.25, -0.2) is 59.8 Å². The topological polar surface area (TPSA) is 464 Å². The number of aromatic nitrogens is 14. The molecule has 9 rings (SSSR count). The maximum atomic E-state index is 12.3. The third kappa shape index (κ3) is 66.2. The zero-order valence-corrected chi connectivity index (χ0v) is 68.5. The number of ether oxygens (including phenoxy) is 1. The number of nitrogen functional groups attached to an aromatic ring is 6. The molecule has 47 heteroatoms. The summed E-state index contributed by atoms with van der Waals surface area (Å²) in [5.74, 6) is 1.70. The first-order valence-corrected chi connectivity index (χ1v) is 33.3. The number of carbonyl (C=O) groups is 1. The van der Waals surface area contributed by atoms with Crippen LogP contribution < -0.4 is 70.1 Å². The molecule has 0 unspecified atom stereocenters. The van der Waals surface area contributed by atoms with Gasteiger partial charge < -0.3 is 69.2 Å². The van der Waals surface area contributed by atoms with E-state index in [1.807, 2.05) is 22.6 Å². The van der Waals surface area contributed by atoms with Gasteiger partial charge >= 0.3 is 41.7 Å². The van der Waals surface area contributed by atoms with E-state index >= 15 is 0 Å². The zero-order chi connectivity index (χ0) is 70.6. The van der Waals surface area contributed by atoms with Crippen LogP contribution in [-0.4, -0.2) is 105 Å². The van der Waals surface area contributed by atoms with E-state index in [4.69, 9.17) is 188 Å². The Morgan fingerprint density at radius 1 is 0.537 bits per heavy atom. The molecular formula is C61H95Cl12F2I2N21NaO5S4-. The SMILES string of the molecule is C.C.C.C.C.C.C.C.C.C.C.CCCCS.CCOC(=O)CCSc1ncc(Cl)nc1N.Clc1cnc(Cl)c(Cl)n1.Fc1nccc(I)c1Cl.Fc1ncccc1Cl.N.Nc1[c-]ncc(Cl)n1.Nc1nc(Cl)cnc1Cl.Nc1nc(Cl)cnc1Sc1ccnc(N)c1Cl.Nc1nccc(I)c1Cl.O.O=C=O.[Na+].[SH-]. The van der Waals surface area contributed by atoms with E-state index in [2.05, 4.69) is 118 Å². The van der Waals surface area contributed by atoms with E-state index in [9.17, 15) is 13.6 Å². The minimum Gasteiger partial charge on any atom is -0.813 e. The van der Waals surface area contributed by atoms with Crippen LogP contribution in [0, 0.1) is 25.2 Å². The molecule has 108 heavy (non-hydrogen) atoms. The summed E-state index contributed by atoms with van der Waals surface area (Å²) in [6.07, 6.45) is 18.3. The van der Waals surface area contributed by atoms with Crippen LogP contribution in [0.25, 0.3) is 0 Å². The standard InChI is InChI=1S/C9H7Cl2N5S.C9H12ClN3O2S.C5H2ClFIN.C5H3ClFN.C5H4ClIN2.C4HCl3N2.C4H3Cl2N3.C4H3ClN3.C4H10S.CO2.11CH4.H3N.Na.H2O.H2S/c10-5-3-15-9(8(13)16-5)17-4-1-2-14-7(12)6(4)11;1-2-15-7(14)3-4-16-9-8(11)13-6(10)5-12-9;6-4-3(8)1-2-9-5(4)7;6-4-2-1-3-8-5(4)7;6-4-3(7)1-2-9-5(4)8;2*5-2-1-8-3(6)4(7)9-2;5-3-1-7-2-4(6)8-3;1-2-3-4-5;2-1-3;;;;;;;;;;;;;;;/h1-3H,(H2,12,14)(H2,13,16);5H,2-4H2,1H3,(H2,11,13);1-2H;1-3H;1-2H,(H2,8,9);1H;1H,(H2,7,9);1H,(H2,6,8);5H,2-4H2,1H3;;11*1H4;1H3;;2*1H2/q;;;;;;;-1;;;;;;;;;;;;;;;+1;;/p-1. The van der Waals surface area contributed by atoms with Crippen molar-refractivity contribution in [3.63, 3.8) is 0 Å². The van der Waals surface area contributed by atoms with Gasteiger partial charge in [0.2, 0.25) is 11.9 Å². The maximum absolute atomic E-state index is 12.3. The van der Waals surface area contributed by atoms with Crippen molar-refractivity contribution in [2.24, 2.45) is 0 Å². The Morgan fingerprint density at radius 3 is 1.30 bits per heavy atom. The normalized spacial score (nSPS) is 8.18. The van der Waals surface area contributed by atoms with Crippen LogP contribution in [0.15, 0.2) is 101 Å². The summed E-state index contributed by atoms with van der Waals surface area (Å²) in [5, 5.41) is 3.92. The van der Waals surface area contributed by atoms with Crippen LogP contribution in [0.4, 0.5) is 43.7 Å². The number of unbranched alkanes of at least 4 members (excludes halogenated alkanes) is 1. The number of pyridine rings is 4. The number of thioether (sulfide) groups is 1. The van der Waals surface area contributed by atoms with E-state index in [1.165, 1.54) is 85.8 Å². The predicted octanol–water partition coefficient (Wildman–Crippen LogP) is 19.0. The van der Waals surface area contributed by atoms with Crippen molar-refractivity contribution in [1.82, 2.24) is 75.9 Å². The molecule has 9 aromatic heterocycles. The predicted molar refractivity (Wildman–Crippen MR) is 479 cm³/mol. The van der Waals surface area contributed by atoms with Crippen molar-refractivity contribution < 1.29 is 62.9 Å². The third-order valence-electron chi connectivity index (χ3n) is 8.26. The number of halogens is 16. The van der Waals surface area contributed by atoms with Crippen molar-refractivity contribution in [2.45, 2.75) is 130 Å². The van der Waals surface area contributed by atoms with Gasteiger partial charge in [-0.1, -0.05) is 252 Å². The minimum absolute atomic E-state index is 0. The summed E-state index contributed by atoms with van der Waals surface area (Å²) in [6, 6.07) is 8.19. The molecule has 0 spiro atoms. The number of hydrogen-bond acceptors (Lipinski definition) is 29. The fourth-order valence-electron chi connectivity index (χ4n) is 4.39. The molecule has 9 heterocycles. The van der Waals surface area contributed by atoms with Crippen LogP contribution in [0.1, 0.15) is 115 Å². The van der Waals surface area contributed by atoms with E-state index in [-0.39, 0.29) is 224 Å². The summed E-state index contributed by atoms with van der Waals surface area (Å²) in [5.41, 5.74) is 32.6. The second-order valence-corrected chi connectivity index (χ2v) is 24.4. The van der Waals surface area contributed by atoms with Gasteiger partial charge in [-0.3, -0.25) is 9.78 Å². The van der Waals surface area contributed by atoms with Gasteiger partial charge in [0.1, 0.15) is 47.3 Å². The van der Waals surface area contributed by atoms with Gasteiger partial charge in [0, 0.05) is 48.4 Å². The molecule has 0 radical (unpaired) electrons. The van der Waals surface area contributed by atoms with Crippen molar-refractivity contribution in [3.8, 4) is 0 Å². The molecule has 0 aromatic carbocycles. The van der Waals surface area contributed by atoms with Gasteiger partial charge in [-0.05, 0) is 94.6 Å². The first-order chi connectivity index (χ1) is 44.0. The first-order valence-electron chi connectivity index (χ1n) is 24.2. The summed E-state index contributed by atoms with van der Waals surface area (Å²) in [7, 11) is 0. The molecule has 0 amide bonds. The molecule has 0 aliphatic rings. The van der Waals surface area contributed by atoms with Crippen LogP contribution >= 0.6 is 221 Å². The van der Waals surface area contributed by atoms with Gasteiger partial charge in [-0.15, -0.1) is 18.0 Å². The Hall–Kier alpha value is -3.23. The monoisotopic (exact) mass is 2060 g/mol. The number of hydrogen-bond donors (Lipinski definition) is 8. The first kappa shape index (κ1) is 143. The average Bonchev–Trinajstić information content (AvgIpc) is 0.843. The fraction of sp³-hybridized carbons (Fsp3) is 0.311. The number of carbonyl (C=O) groups excluding carboxylic acids is 3. The molecule has 0 saturated heterocycles. The van der Waals surface area contributed by atoms with Crippen LogP contribution in [0.2, 0.25) is 61.3 Å². The Kier molecular flexibility index (Phi) is 112. The van der Waals surface area contributed by atoms with Crippen LogP contribution in [0.3, 0.4) is 0 Å². The third-order valence-corrected chi connectivity index (χ3v) is 16.5. The molecule has 0 atom stereocenters. The number of thiol groups is 2. The van der Waals surface area contributed by atoms with Crippen molar-refractivity contribution in [1.29, 1.82) is 0 Å². The van der Waals surface area contributed by atoms with Gasteiger partial charge in [0.25, 0.3) is 0 Å². The molecule has 0 aliphatic heterocycles. The number of nitrogens with two attached hydrogens (primary N) is 6. The van der Waals surface area contributed by atoms with Crippen molar-refractivity contribution >= 4 is 281 Å². The Labute approximate surface area is 765 Å². The quantitative estimate of drug-likeness (QED) is 0.00972. The minimum atomic E-state index is -0.617. The summed E-state index contributed by atoms with van der Waals surface area (Å²) < 4.78 is 30.8. The molecule has 612 valence electrons. The Balaban J connectivity index is -0.0000000626. The zero-order valence-electron chi connectivity index (χ0n) is 49.6. The second-order valence-electron chi connectivity index (χ2n) is 14.9. The van der Waals surface area contributed by atoms with Crippen LogP contribution in [-0.2, 0) is 32.6 Å². The number of anilines is 6. The van der Waals surface area contributed by atoms with Crippen LogP contribution in [0.5, 0.6) is 0 Å². The summed E-state index contributed by atoms with van der Waals surface area (Å²) in [6.45, 7) is 4.33. The summed E-state index contributed by atoms with van der Waals surface area (Å²) >= 11 is 76.7. The van der Waals surface area contributed by atoms with Gasteiger partial charge in [0.05, 0.1) is 58.0 Å². The van der Waals surface area contributed by atoms with Crippen molar-refractivity contribution in [3.05, 3.63) is 173 Å². The number of esters is 1. The Bertz CT molecular complexity index is 3610. The van der Waals surface area contributed by atoms with Crippen molar-refractivity contribution in [2.75, 3.05) is 52.5 Å². The average molecular weight is 2070 g/mol. The van der Waals surface area contributed by atoms with Gasteiger partial charge in [0.15, 0.2) is 32.9 Å². The van der Waals surface area contributed by atoms with Gasteiger partial charge in [-0.2, -0.15) is 31.0 Å². The van der Waals surface area contributed by atoms with E-state index in [1.54, 1.807) is 43.6 Å². The molecule has 0 bridgehead atoms. The molecular weight excluding hydrogens is 1980 g/mol. The maximum Gasteiger partial charge on any atom is 1.00 e. The van der Waals surface area contributed by atoms with E-state index in [0.29, 0.717) is 58.3 Å². The molecule has 9 aromatic rings. The fourth-order valence-corrected chi connectivity index (χ4v) is 8.73. The van der Waals surface area contributed by atoms with E-state index in [0.717, 1.165) is 9.32 Å². The smallest absolute Gasteiger partial charge is 0.813 e. The molecule has 0 fully saturated rings. The molecule has 0 aliphatic carbocycles. The molecule has 17 N–H and O–H groups in total. The number of nitrogens with zero attached hydrogens (tertiary/aromatic N) is 14.